The molecular formula is C32H26Br2O16. The zero-order valence-electron chi connectivity index (χ0n) is 27.2. The van der Waals surface area contributed by atoms with E-state index in [-0.39, 0.29) is 49.2 Å². The molecule has 50 heavy (non-hydrogen) atoms. The SMILES string of the molecule is CC(=O)Oc1cc(OC(C)=O)c(Br)c(Oc2c(OC(C)=O)cc(Oc3c(OC(C)=O)cc(OC(C)=O)cc3OC(C)=O)c(Br)c2OC(C)=O)c1. The summed E-state index contributed by atoms with van der Waals surface area (Å²) >= 11 is 6.55. The van der Waals surface area contributed by atoms with Gasteiger partial charge in [-0.05, 0) is 31.9 Å². The largest absolute Gasteiger partial charge is 0.448 e. The normalized spacial score (nSPS) is 10.3. The third kappa shape index (κ3) is 10.8. The predicted octanol–water partition coefficient (Wildman–Crippen LogP) is 6.27. The molecule has 0 spiro atoms. The van der Waals surface area contributed by atoms with E-state index in [4.69, 9.17) is 42.6 Å². The summed E-state index contributed by atoms with van der Waals surface area (Å²) in [5, 5.41) is 0. The first kappa shape index (κ1) is 39.0. The molecule has 0 fully saturated rings. The van der Waals surface area contributed by atoms with Gasteiger partial charge in [0.2, 0.25) is 11.5 Å². The molecule has 0 amide bonds. The molecule has 0 heterocycles. The fourth-order valence-corrected chi connectivity index (χ4v) is 4.69. The van der Waals surface area contributed by atoms with Crippen LogP contribution in [0.1, 0.15) is 48.5 Å². The summed E-state index contributed by atoms with van der Waals surface area (Å²) in [6.45, 7) is 7.60. The van der Waals surface area contributed by atoms with Crippen molar-refractivity contribution >= 4 is 73.6 Å². The Labute approximate surface area is 300 Å². The van der Waals surface area contributed by atoms with Crippen molar-refractivity contribution in [2.75, 3.05) is 0 Å². The van der Waals surface area contributed by atoms with E-state index in [0.717, 1.165) is 66.7 Å². The topological polar surface area (TPSA) is 203 Å². The second-order valence-corrected chi connectivity index (χ2v) is 11.3. The number of hydrogen-bond donors (Lipinski definition) is 0. The van der Waals surface area contributed by atoms with E-state index in [1.807, 2.05) is 0 Å². The van der Waals surface area contributed by atoms with E-state index in [1.165, 1.54) is 12.1 Å². The van der Waals surface area contributed by atoms with Gasteiger partial charge >= 0.3 is 41.8 Å². The van der Waals surface area contributed by atoms with Crippen molar-refractivity contribution in [2.45, 2.75) is 48.5 Å². The third-order valence-corrected chi connectivity index (χ3v) is 6.82. The minimum Gasteiger partial charge on any atom is -0.448 e. The molecule has 0 aliphatic rings. The number of halogens is 2. The lowest BCUT2D eigenvalue weighted by molar-refractivity contribution is -0.133. The fourth-order valence-electron chi connectivity index (χ4n) is 3.84. The maximum absolute atomic E-state index is 12.3. The van der Waals surface area contributed by atoms with E-state index < -0.39 is 64.8 Å². The molecule has 3 rings (SSSR count). The Balaban J connectivity index is 2.35. The van der Waals surface area contributed by atoms with Gasteiger partial charge in [-0.2, -0.15) is 0 Å². The number of carbonyl (C=O) groups excluding carboxylic acids is 7. The van der Waals surface area contributed by atoms with Gasteiger partial charge < -0.3 is 42.6 Å². The van der Waals surface area contributed by atoms with Crippen LogP contribution in [0.5, 0.6) is 63.2 Å². The lowest BCUT2D eigenvalue weighted by Gasteiger charge is -2.21. The monoisotopic (exact) mass is 824 g/mol. The first-order valence-electron chi connectivity index (χ1n) is 13.9. The summed E-state index contributed by atoms with van der Waals surface area (Å²) in [4.78, 5) is 83.8. The summed E-state index contributed by atoms with van der Waals surface area (Å²) in [6, 6.07) is 5.74. The Morgan fingerprint density at radius 3 is 1.10 bits per heavy atom. The minimum absolute atomic E-state index is 0.0208. The second-order valence-electron chi connectivity index (χ2n) is 9.69. The Bertz CT molecular complexity index is 1880. The first-order chi connectivity index (χ1) is 23.3. The van der Waals surface area contributed by atoms with Crippen molar-refractivity contribution in [3.8, 4) is 63.2 Å². The first-order valence-corrected chi connectivity index (χ1v) is 15.5. The van der Waals surface area contributed by atoms with Crippen LogP contribution < -0.4 is 42.6 Å². The summed E-state index contributed by atoms with van der Waals surface area (Å²) in [5.74, 6) is -9.04. The second kappa shape index (κ2) is 16.8. The molecule has 16 nitrogen and oxygen atoms in total. The molecule has 0 aliphatic heterocycles. The molecule has 0 atom stereocenters. The number of ether oxygens (including phenoxy) is 9. The summed E-state index contributed by atoms with van der Waals surface area (Å²) in [6.07, 6.45) is 0. The minimum atomic E-state index is -0.887. The molecule has 3 aromatic carbocycles. The molecule has 0 saturated heterocycles. The molecule has 0 unspecified atom stereocenters. The number of benzene rings is 3. The van der Waals surface area contributed by atoms with Gasteiger partial charge in [0, 0.05) is 78.8 Å². The highest BCUT2D eigenvalue weighted by Gasteiger charge is 2.29. The zero-order valence-corrected chi connectivity index (χ0v) is 30.3. The van der Waals surface area contributed by atoms with Gasteiger partial charge in [-0.15, -0.1) is 0 Å². The highest BCUT2D eigenvalue weighted by atomic mass is 79.9. The summed E-state index contributed by atoms with van der Waals surface area (Å²) < 4.78 is 48.7. The highest BCUT2D eigenvalue weighted by molar-refractivity contribution is 9.11. The average Bonchev–Trinajstić information content (AvgIpc) is 2.94. The summed E-state index contributed by atoms with van der Waals surface area (Å²) in [7, 11) is 0. The molecule has 3 aromatic rings. The quantitative estimate of drug-likeness (QED) is 0.154. The van der Waals surface area contributed by atoms with Crippen molar-refractivity contribution in [2.24, 2.45) is 0 Å². The lowest BCUT2D eigenvalue weighted by Crippen LogP contribution is -2.10. The number of carbonyl (C=O) groups is 7. The average molecular weight is 826 g/mol. The molecule has 0 aromatic heterocycles. The maximum Gasteiger partial charge on any atom is 0.308 e. The molecule has 264 valence electrons. The van der Waals surface area contributed by atoms with E-state index >= 15 is 0 Å². The van der Waals surface area contributed by atoms with Crippen LogP contribution >= 0.6 is 31.9 Å². The molecule has 0 bridgehead atoms. The van der Waals surface area contributed by atoms with Gasteiger partial charge in [-0.1, -0.05) is 0 Å². The highest BCUT2D eigenvalue weighted by Crippen LogP contribution is 2.54. The zero-order chi connectivity index (χ0) is 37.4. The van der Waals surface area contributed by atoms with Crippen molar-refractivity contribution in [3.63, 3.8) is 0 Å². The summed E-state index contributed by atoms with van der Waals surface area (Å²) in [5.41, 5.74) is 0. The van der Waals surface area contributed by atoms with Crippen LogP contribution in [0.4, 0.5) is 0 Å². The Morgan fingerprint density at radius 2 is 0.680 bits per heavy atom. The van der Waals surface area contributed by atoms with Crippen molar-refractivity contribution < 1.29 is 76.2 Å². The van der Waals surface area contributed by atoms with E-state index in [9.17, 15) is 33.6 Å². The Hall–Kier alpha value is -5.49. The smallest absolute Gasteiger partial charge is 0.308 e. The van der Waals surface area contributed by atoms with Crippen LogP contribution in [-0.2, 0) is 33.6 Å². The Kier molecular flexibility index (Phi) is 13.1. The maximum atomic E-state index is 12.3. The van der Waals surface area contributed by atoms with Gasteiger partial charge in [0.15, 0.2) is 28.7 Å². The molecule has 18 heteroatoms. The lowest BCUT2D eigenvalue weighted by atomic mass is 10.2. The van der Waals surface area contributed by atoms with Gasteiger partial charge in [0.1, 0.15) is 31.9 Å². The predicted molar refractivity (Wildman–Crippen MR) is 174 cm³/mol. The van der Waals surface area contributed by atoms with E-state index in [1.54, 1.807) is 0 Å². The van der Waals surface area contributed by atoms with Gasteiger partial charge in [0.25, 0.3) is 0 Å². The third-order valence-electron chi connectivity index (χ3n) is 5.29. The van der Waals surface area contributed by atoms with E-state index in [2.05, 4.69) is 31.9 Å². The number of hydrogen-bond acceptors (Lipinski definition) is 16. The van der Waals surface area contributed by atoms with Crippen molar-refractivity contribution in [1.82, 2.24) is 0 Å². The van der Waals surface area contributed by atoms with Crippen LogP contribution in [0.15, 0.2) is 39.3 Å². The van der Waals surface area contributed by atoms with Crippen molar-refractivity contribution in [3.05, 3.63) is 39.3 Å². The molecular weight excluding hydrogens is 800 g/mol. The standard InChI is InChI=1S/C32H26Br2O16/c1-13(35)42-20-8-22(44-15(3)37)28(33)23(9-20)50-31-27(47-18(6)40)12-24(29(34)32(31)48-19(7)41)49-30-25(45-16(4)38)10-21(43-14(2)36)11-26(30)46-17(5)39/h8-12H,1-7H3. The van der Waals surface area contributed by atoms with Crippen LogP contribution in [-0.4, -0.2) is 41.8 Å². The number of esters is 7. The number of rotatable bonds is 11. The molecule has 0 aliphatic carbocycles. The van der Waals surface area contributed by atoms with Crippen LogP contribution in [0.25, 0.3) is 0 Å². The van der Waals surface area contributed by atoms with E-state index in [0.29, 0.717) is 0 Å². The van der Waals surface area contributed by atoms with Crippen LogP contribution in [0.2, 0.25) is 0 Å². The molecule has 0 radical (unpaired) electrons. The Morgan fingerprint density at radius 1 is 0.360 bits per heavy atom. The van der Waals surface area contributed by atoms with Crippen LogP contribution in [0.3, 0.4) is 0 Å². The molecule has 0 N–H and O–H groups in total. The van der Waals surface area contributed by atoms with Gasteiger partial charge in [0.05, 0.1) is 0 Å². The van der Waals surface area contributed by atoms with Crippen LogP contribution in [0, 0.1) is 0 Å². The molecule has 0 saturated carbocycles. The van der Waals surface area contributed by atoms with Gasteiger partial charge in [-0.25, -0.2) is 0 Å². The van der Waals surface area contributed by atoms with Crippen molar-refractivity contribution in [1.29, 1.82) is 0 Å². The van der Waals surface area contributed by atoms with Gasteiger partial charge in [-0.3, -0.25) is 33.6 Å². The fraction of sp³-hybridized carbons (Fsp3) is 0.219.